The van der Waals surface area contributed by atoms with Gasteiger partial charge in [0.15, 0.2) is 5.82 Å². The molecule has 5 heteroatoms. The van der Waals surface area contributed by atoms with Crippen molar-refractivity contribution in [1.82, 2.24) is 9.97 Å². The van der Waals surface area contributed by atoms with Gasteiger partial charge in [0, 0.05) is 29.5 Å². The molecule has 1 fully saturated rings. The number of thiophene rings is 1. The molecule has 0 spiro atoms. The molecule has 2 aromatic heterocycles. The van der Waals surface area contributed by atoms with Crippen LogP contribution in [0.2, 0.25) is 0 Å². The Morgan fingerprint density at radius 3 is 2.87 bits per heavy atom. The number of methoxy groups -OCH3 is 1. The lowest BCUT2D eigenvalue weighted by atomic mass is 10.2. The highest BCUT2D eigenvalue weighted by molar-refractivity contribution is 7.08. The van der Waals surface area contributed by atoms with E-state index in [1.54, 1.807) is 18.4 Å². The summed E-state index contributed by atoms with van der Waals surface area (Å²) >= 11 is 1.66. The van der Waals surface area contributed by atoms with Gasteiger partial charge in [-0.05, 0) is 42.8 Å². The van der Waals surface area contributed by atoms with E-state index in [2.05, 4.69) is 28.2 Å². The van der Waals surface area contributed by atoms with Crippen LogP contribution in [0.5, 0.6) is 0 Å². The van der Waals surface area contributed by atoms with Gasteiger partial charge in [-0.3, -0.25) is 0 Å². The number of ether oxygens (including phenoxy) is 1. The van der Waals surface area contributed by atoms with Crippen LogP contribution in [0.4, 0.5) is 5.82 Å². The number of anilines is 1. The summed E-state index contributed by atoms with van der Waals surface area (Å²) in [5.41, 5.74) is 2.05. The third-order valence-electron chi connectivity index (χ3n) is 4.44. The molecule has 4 rings (SSSR count). The van der Waals surface area contributed by atoms with Gasteiger partial charge in [-0.1, -0.05) is 12.1 Å². The first-order valence-electron chi connectivity index (χ1n) is 7.92. The molecule has 2 unspecified atom stereocenters. The highest BCUT2D eigenvalue weighted by Crippen LogP contribution is 2.29. The fraction of sp³-hybridized carbons (Fsp3) is 0.333. The molecule has 4 nitrogen and oxygen atoms in total. The molecule has 1 aliphatic rings. The Morgan fingerprint density at radius 1 is 1.17 bits per heavy atom. The fourth-order valence-electron chi connectivity index (χ4n) is 3.19. The van der Waals surface area contributed by atoms with E-state index in [-0.39, 0.29) is 0 Å². The first-order valence-corrected chi connectivity index (χ1v) is 8.86. The van der Waals surface area contributed by atoms with Crippen LogP contribution in [0.25, 0.3) is 22.3 Å². The maximum Gasteiger partial charge on any atom is 0.162 e. The minimum Gasteiger partial charge on any atom is -0.381 e. The SMILES string of the molecule is COC1CCC(Nc2nc(-c3ccsc3)nc3ccccc23)C1. The zero-order chi connectivity index (χ0) is 15.6. The summed E-state index contributed by atoms with van der Waals surface area (Å²) in [5.74, 6) is 1.72. The number of hydrogen-bond donors (Lipinski definition) is 1. The molecule has 0 radical (unpaired) electrons. The molecule has 1 aromatic carbocycles. The van der Waals surface area contributed by atoms with Crippen LogP contribution < -0.4 is 5.32 Å². The minimum atomic E-state index is 0.358. The van der Waals surface area contributed by atoms with Crippen molar-refractivity contribution in [1.29, 1.82) is 0 Å². The lowest BCUT2D eigenvalue weighted by Gasteiger charge is -2.16. The maximum atomic E-state index is 5.48. The van der Waals surface area contributed by atoms with E-state index >= 15 is 0 Å². The average molecular weight is 325 g/mol. The Kier molecular flexibility index (Phi) is 3.97. The smallest absolute Gasteiger partial charge is 0.162 e. The molecule has 118 valence electrons. The van der Waals surface area contributed by atoms with E-state index in [0.29, 0.717) is 12.1 Å². The van der Waals surface area contributed by atoms with E-state index in [1.807, 2.05) is 18.2 Å². The van der Waals surface area contributed by atoms with E-state index in [9.17, 15) is 0 Å². The molecule has 1 aliphatic carbocycles. The van der Waals surface area contributed by atoms with Crippen molar-refractivity contribution >= 4 is 28.1 Å². The minimum absolute atomic E-state index is 0.358. The molecular weight excluding hydrogens is 306 g/mol. The van der Waals surface area contributed by atoms with Crippen LogP contribution in [0.3, 0.4) is 0 Å². The molecule has 2 atom stereocenters. The van der Waals surface area contributed by atoms with Crippen LogP contribution in [0.15, 0.2) is 41.1 Å². The molecule has 1 saturated carbocycles. The summed E-state index contributed by atoms with van der Waals surface area (Å²) in [7, 11) is 1.79. The van der Waals surface area contributed by atoms with Gasteiger partial charge in [-0.25, -0.2) is 9.97 Å². The number of para-hydroxylation sites is 1. The summed E-state index contributed by atoms with van der Waals surface area (Å²) < 4.78 is 5.48. The first kappa shape index (κ1) is 14.6. The average Bonchev–Trinajstić information content (AvgIpc) is 3.26. The molecule has 0 bridgehead atoms. The van der Waals surface area contributed by atoms with Crippen LogP contribution in [-0.2, 0) is 4.74 Å². The van der Waals surface area contributed by atoms with Crippen molar-refractivity contribution in [3.05, 3.63) is 41.1 Å². The Balaban J connectivity index is 1.72. The van der Waals surface area contributed by atoms with Gasteiger partial charge in [-0.2, -0.15) is 11.3 Å². The Bertz CT molecular complexity index is 803. The van der Waals surface area contributed by atoms with Gasteiger partial charge in [0.1, 0.15) is 5.82 Å². The van der Waals surface area contributed by atoms with Gasteiger partial charge in [0.25, 0.3) is 0 Å². The quantitative estimate of drug-likeness (QED) is 0.775. The van der Waals surface area contributed by atoms with Crippen molar-refractivity contribution in [2.75, 3.05) is 12.4 Å². The Hall–Kier alpha value is -1.98. The van der Waals surface area contributed by atoms with Gasteiger partial charge in [0.2, 0.25) is 0 Å². The lowest BCUT2D eigenvalue weighted by Crippen LogP contribution is -2.18. The number of hydrogen-bond acceptors (Lipinski definition) is 5. The first-order chi connectivity index (χ1) is 11.3. The molecule has 23 heavy (non-hydrogen) atoms. The fourth-order valence-corrected chi connectivity index (χ4v) is 3.82. The summed E-state index contributed by atoms with van der Waals surface area (Å²) in [6, 6.07) is 10.7. The summed E-state index contributed by atoms with van der Waals surface area (Å²) in [5, 5.41) is 8.84. The van der Waals surface area contributed by atoms with Gasteiger partial charge < -0.3 is 10.1 Å². The number of benzene rings is 1. The van der Waals surface area contributed by atoms with Crippen molar-refractivity contribution < 1.29 is 4.74 Å². The Labute approximate surface area is 139 Å². The second-order valence-electron chi connectivity index (χ2n) is 5.94. The second kappa shape index (κ2) is 6.26. The predicted molar refractivity (Wildman–Crippen MR) is 94.9 cm³/mol. The number of nitrogens with zero attached hydrogens (tertiary/aromatic N) is 2. The number of rotatable bonds is 4. The number of fused-ring (bicyclic) bond motifs is 1. The maximum absolute atomic E-state index is 5.48. The third kappa shape index (κ3) is 2.94. The second-order valence-corrected chi connectivity index (χ2v) is 6.72. The van der Waals surface area contributed by atoms with Crippen molar-refractivity contribution in [2.24, 2.45) is 0 Å². The van der Waals surface area contributed by atoms with Crippen molar-refractivity contribution in [3.8, 4) is 11.4 Å². The molecular formula is C18H19N3OS. The standard InChI is InChI=1S/C18H19N3OS/c1-22-14-7-6-13(10-14)19-18-15-4-2-3-5-16(15)20-17(21-18)12-8-9-23-11-12/h2-5,8-9,11,13-14H,6-7,10H2,1H3,(H,19,20,21). The van der Waals surface area contributed by atoms with Crippen LogP contribution in [-0.4, -0.2) is 29.2 Å². The van der Waals surface area contributed by atoms with E-state index in [0.717, 1.165) is 47.4 Å². The normalized spacial score (nSPS) is 20.9. The van der Waals surface area contributed by atoms with Crippen molar-refractivity contribution in [3.63, 3.8) is 0 Å². The molecule has 1 N–H and O–H groups in total. The molecule has 0 saturated heterocycles. The van der Waals surface area contributed by atoms with Gasteiger partial charge in [0.05, 0.1) is 11.6 Å². The van der Waals surface area contributed by atoms with Gasteiger partial charge >= 0.3 is 0 Å². The van der Waals surface area contributed by atoms with Crippen LogP contribution in [0.1, 0.15) is 19.3 Å². The monoisotopic (exact) mass is 325 g/mol. The highest BCUT2D eigenvalue weighted by Gasteiger charge is 2.25. The zero-order valence-electron chi connectivity index (χ0n) is 13.0. The molecule has 0 aliphatic heterocycles. The van der Waals surface area contributed by atoms with Crippen LogP contribution in [0, 0.1) is 0 Å². The predicted octanol–water partition coefficient (Wildman–Crippen LogP) is 4.34. The summed E-state index contributed by atoms with van der Waals surface area (Å²) in [6.45, 7) is 0. The summed E-state index contributed by atoms with van der Waals surface area (Å²) in [6.07, 6.45) is 3.61. The molecule has 0 amide bonds. The zero-order valence-corrected chi connectivity index (χ0v) is 13.8. The molecule has 3 aromatic rings. The van der Waals surface area contributed by atoms with Crippen LogP contribution >= 0.6 is 11.3 Å². The van der Waals surface area contributed by atoms with E-state index in [1.165, 1.54) is 0 Å². The summed E-state index contributed by atoms with van der Waals surface area (Å²) in [4.78, 5) is 9.52. The Morgan fingerprint density at radius 2 is 2.09 bits per heavy atom. The van der Waals surface area contributed by atoms with Crippen molar-refractivity contribution in [2.45, 2.75) is 31.4 Å². The highest BCUT2D eigenvalue weighted by atomic mass is 32.1. The van der Waals surface area contributed by atoms with E-state index < -0.39 is 0 Å². The largest absolute Gasteiger partial charge is 0.381 e. The molecule has 2 heterocycles. The topological polar surface area (TPSA) is 47.0 Å². The van der Waals surface area contributed by atoms with E-state index in [4.69, 9.17) is 14.7 Å². The van der Waals surface area contributed by atoms with Gasteiger partial charge in [-0.15, -0.1) is 0 Å². The third-order valence-corrected chi connectivity index (χ3v) is 5.12. The number of aromatic nitrogens is 2. The lowest BCUT2D eigenvalue weighted by molar-refractivity contribution is 0.108. The number of nitrogens with one attached hydrogen (secondary N) is 1.